The fourth-order valence-electron chi connectivity index (χ4n) is 4.98. The summed E-state index contributed by atoms with van der Waals surface area (Å²) in [5.74, 6) is 0.771. The molecule has 0 aliphatic carbocycles. The normalized spacial score (nSPS) is 16.0. The predicted octanol–water partition coefficient (Wildman–Crippen LogP) is 4.69. The van der Waals surface area contributed by atoms with E-state index in [9.17, 15) is 5.11 Å². The molecule has 1 aliphatic heterocycles. The van der Waals surface area contributed by atoms with Crippen LogP contribution in [0.2, 0.25) is 0 Å². The van der Waals surface area contributed by atoms with E-state index in [-0.39, 0.29) is 12.6 Å². The molecule has 1 fully saturated rings. The van der Waals surface area contributed by atoms with Gasteiger partial charge in [-0.05, 0) is 42.3 Å². The van der Waals surface area contributed by atoms with Gasteiger partial charge in [0.05, 0.1) is 11.6 Å². The Kier molecular flexibility index (Phi) is 7.38. The van der Waals surface area contributed by atoms with Crippen molar-refractivity contribution < 1.29 is 9.84 Å². The molecule has 5 rings (SSSR count). The Morgan fingerprint density at radius 2 is 1.46 bits per heavy atom. The zero-order valence-corrected chi connectivity index (χ0v) is 20.3. The molecule has 1 saturated heterocycles. The Hall–Kier alpha value is -3.25. The minimum absolute atomic E-state index is 0.247. The molecule has 0 amide bonds. The molecule has 5 nitrogen and oxygen atoms in total. The Morgan fingerprint density at radius 1 is 0.800 bits per heavy atom. The standard InChI is InChI=1S/C30H33N3O2/c1-23-15-16-27-28(31-23)13-8-14-29(27)35-22-26(34)21-32-17-19-33(20-18-32)30(24-9-4-2-5-10-24)25-11-6-3-7-12-25/h2-16,26,30,34H,17-22H2,1H3. The maximum absolute atomic E-state index is 10.7. The molecular weight excluding hydrogens is 434 g/mol. The summed E-state index contributed by atoms with van der Waals surface area (Å²) in [4.78, 5) is 9.46. The van der Waals surface area contributed by atoms with Gasteiger partial charge in [-0.25, -0.2) is 0 Å². The van der Waals surface area contributed by atoms with Crippen LogP contribution in [-0.2, 0) is 0 Å². The lowest BCUT2D eigenvalue weighted by atomic mass is 9.96. The average Bonchev–Trinajstić information content (AvgIpc) is 2.90. The van der Waals surface area contributed by atoms with Gasteiger partial charge in [0, 0.05) is 43.8 Å². The predicted molar refractivity (Wildman–Crippen MR) is 141 cm³/mol. The number of piperazine rings is 1. The van der Waals surface area contributed by atoms with Crippen molar-refractivity contribution in [1.29, 1.82) is 0 Å². The number of nitrogens with zero attached hydrogens (tertiary/aromatic N) is 3. The molecule has 35 heavy (non-hydrogen) atoms. The first-order valence-corrected chi connectivity index (χ1v) is 12.4. The number of aliphatic hydroxyl groups is 1. The van der Waals surface area contributed by atoms with Gasteiger partial charge in [0.1, 0.15) is 18.5 Å². The largest absolute Gasteiger partial charge is 0.490 e. The quantitative estimate of drug-likeness (QED) is 0.407. The topological polar surface area (TPSA) is 48.8 Å². The number of rotatable bonds is 8. The van der Waals surface area contributed by atoms with Crippen LogP contribution in [0.1, 0.15) is 22.9 Å². The van der Waals surface area contributed by atoms with Crippen LogP contribution in [0.15, 0.2) is 91.0 Å². The number of hydrogen-bond acceptors (Lipinski definition) is 5. The van der Waals surface area contributed by atoms with E-state index in [1.54, 1.807) is 0 Å². The van der Waals surface area contributed by atoms with Crippen molar-refractivity contribution in [2.24, 2.45) is 0 Å². The number of ether oxygens (including phenoxy) is 1. The number of aliphatic hydroxyl groups excluding tert-OH is 1. The van der Waals surface area contributed by atoms with Gasteiger partial charge in [0.25, 0.3) is 0 Å². The third-order valence-electron chi connectivity index (χ3n) is 6.73. The maximum Gasteiger partial charge on any atom is 0.128 e. The third-order valence-corrected chi connectivity index (χ3v) is 6.73. The van der Waals surface area contributed by atoms with E-state index in [1.165, 1.54) is 11.1 Å². The highest BCUT2D eigenvalue weighted by Crippen LogP contribution is 2.29. The minimum atomic E-state index is -0.547. The van der Waals surface area contributed by atoms with Crippen LogP contribution >= 0.6 is 0 Å². The van der Waals surface area contributed by atoms with Gasteiger partial charge in [0.2, 0.25) is 0 Å². The maximum atomic E-state index is 10.7. The molecular formula is C30H33N3O2. The number of β-amino-alcohol motifs (C(OH)–C–C–N with tert-alkyl or cyclic N) is 1. The van der Waals surface area contributed by atoms with E-state index in [1.807, 2.05) is 37.3 Å². The van der Waals surface area contributed by atoms with Gasteiger partial charge < -0.3 is 9.84 Å². The summed E-state index contributed by atoms with van der Waals surface area (Å²) in [6.45, 7) is 6.61. The summed E-state index contributed by atoms with van der Waals surface area (Å²) >= 11 is 0. The summed E-state index contributed by atoms with van der Waals surface area (Å²) < 4.78 is 6.01. The highest BCUT2D eigenvalue weighted by atomic mass is 16.5. The second kappa shape index (κ2) is 11.0. The van der Waals surface area contributed by atoms with Crippen LogP contribution in [0, 0.1) is 6.92 Å². The van der Waals surface area contributed by atoms with Crippen molar-refractivity contribution in [1.82, 2.24) is 14.8 Å². The first-order valence-electron chi connectivity index (χ1n) is 12.4. The smallest absolute Gasteiger partial charge is 0.128 e. The second-order valence-corrected chi connectivity index (χ2v) is 9.30. The number of fused-ring (bicyclic) bond motifs is 1. The lowest BCUT2D eigenvalue weighted by molar-refractivity contribution is 0.0404. The molecule has 0 spiro atoms. The summed E-state index contributed by atoms with van der Waals surface area (Å²) in [6, 6.07) is 31.6. The van der Waals surface area contributed by atoms with E-state index < -0.39 is 6.10 Å². The van der Waals surface area contributed by atoms with Gasteiger partial charge >= 0.3 is 0 Å². The monoisotopic (exact) mass is 467 g/mol. The number of pyridine rings is 1. The zero-order chi connectivity index (χ0) is 24.0. The third kappa shape index (κ3) is 5.70. The van der Waals surface area contributed by atoms with Crippen LogP contribution in [0.5, 0.6) is 5.75 Å². The lowest BCUT2D eigenvalue weighted by Crippen LogP contribution is -2.50. The van der Waals surface area contributed by atoms with Crippen LogP contribution in [0.4, 0.5) is 0 Å². The number of aromatic nitrogens is 1. The molecule has 180 valence electrons. The summed E-state index contributed by atoms with van der Waals surface area (Å²) in [6.07, 6.45) is -0.547. The number of aryl methyl sites for hydroxylation is 1. The van der Waals surface area contributed by atoms with E-state index in [2.05, 4.69) is 75.4 Å². The average molecular weight is 468 g/mol. The summed E-state index contributed by atoms with van der Waals surface area (Å²) in [7, 11) is 0. The highest BCUT2D eigenvalue weighted by Gasteiger charge is 2.27. The minimum Gasteiger partial charge on any atom is -0.490 e. The van der Waals surface area contributed by atoms with E-state index in [0.29, 0.717) is 6.54 Å². The molecule has 2 heterocycles. The van der Waals surface area contributed by atoms with Gasteiger partial charge in [0.15, 0.2) is 0 Å². The van der Waals surface area contributed by atoms with Crippen molar-refractivity contribution in [3.8, 4) is 5.75 Å². The summed E-state index contributed by atoms with van der Waals surface area (Å²) in [5.41, 5.74) is 4.54. The molecule has 3 aromatic carbocycles. The molecule has 1 unspecified atom stereocenters. The number of hydrogen-bond donors (Lipinski definition) is 1. The SMILES string of the molecule is Cc1ccc2c(OCC(O)CN3CCN(C(c4ccccc4)c4ccccc4)CC3)cccc2n1. The second-order valence-electron chi connectivity index (χ2n) is 9.30. The molecule has 0 radical (unpaired) electrons. The van der Waals surface area contributed by atoms with E-state index in [4.69, 9.17) is 4.74 Å². The van der Waals surface area contributed by atoms with Crippen molar-refractivity contribution in [2.75, 3.05) is 39.3 Å². The molecule has 1 aromatic heterocycles. The number of benzene rings is 3. The van der Waals surface area contributed by atoms with Gasteiger partial charge in [-0.15, -0.1) is 0 Å². The molecule has 1 atom stereocenters. The Balaban J connectivity index is 1.17. The van der Waals surface area contributed by atoms with Crippen LogP contribution in [-0.4, -0.2) is 65.3 Å². The molecule has 4 aromatic rings. The Bertz CT molecular complexity index is 1180. The molecule has 1 N–H and O–H groups in total. The van der Waals surface area contributed by atoms with E-state index >= 15 is 0 Å². The molecule has 0 saturated carbocycles. The fourth-order valence-corrected chi connectivity index (χ4v) is 4.98. The lowest BCUT2D eigenvalue weighted by Gasteiger charge is -2.40. The Labute approximate surface area is 207 Å². The Morgan fingerprint density at radius 3 is 2.11 bits per heavy atom. The van der Waals surface area contributed by atoms with E-state index in [0.717, 1.165) is 48.5 Å². The van der Waals surface area contributed by atoms with Crippen LogP contribution < -0.4 is 4.74 Å². The zero-order valence-electron chi connectivity index (χ0n) is 20.3. The first kappa shape index (κ1) is 23.5. The highest BCUT2D eigenvalue weighted by molar-refractivity contribution is 5.85. The van der Waals surface area contributed by atoms with Gasteiger partial charge in [-0.3, -0.25) is 14.8 Å². The molecule has 0 bridgehead atoms. The van der Waals surface area contributed by atoms with Crippen molar-refractivity contribution >= 4 is 10.9 Å². The van der Waals surface area contributed by atoms with Crippen LogP contribution in [0.3, 0.4) is 0 Å². The summed E-state index contributed by atoms with van der Waals surface area (Å²) in [5, 5.41) is 11.7. The van der Waals surface area contributed by atoms with Crippen molar-refractivity contribution in [3.05, 3.63) is 108 Å². The fraction of sp³-hybridized carbons (Fsp3) is 0.300. The van der Waals surface area contributed by atoms with Crippen molar-refractivity contribution in [3.63, 3.8) is 0 Å². The van der Waals surface area contributed by atoms with Gasteiger partial charge in [-0.1, -0.05) is 66.7 Å². The van der Waals surface area contributed by atoms with Crippen LogP contribution in [0.25, 0.3) is 10.9 Å². The molecule has 1 aliphatic rings. The first-order chi connectivity index (χ1) is 17.2. The van der Waals surface area contributed by atoms with Crippen molar-refractivity contribution in [2.45, 2.75) is 19.1 Å². The molecule has 5 heteroatoms. The van der Waals surface area contributed by atoms with Gasteiger partial charge in [-0.2, -0.15) is 0 Å².